The van der Waals surface area contributed by atoms with E-state index in [9.17, 15) is 4.79 Å². The first-order chi connectivity index (χ1) is 9.74. The molecule has 0 spiro atoms. The maximum Gasteiger partial charge on any atom is 0.327 e. The summed E-state index contributed by atoms with van der Waals surface area (Å²) in [5, 5.41) is 3.43. The van der Waals surface area contributed by atoms with Crippen LogP contribution in [0.1, 0.15) is 0 Å². The molecule has 0 aliphatic carbocycles. The van der Waals surface area contributed by atoms with Crippen LogP contribution in [-0.2, 0) is 0 Å². The quantitative estimate of drug-likeness (QED) is 0.773. The molecule has 0 aliphatic heterocycles. The third-order valence-corrected chi connectivity index (χ3v) is 3.91. The average molecular weight is 283 g/mol. The Bertz CT molecular complexity index is 706. The van der Waals surface area contributed by atoms with Gasteiger partial charge in [0.05, 0.1) is 10.2 Å². The first-order valence-corrected chi connectivity index (χ1v) is 7.01. The predicted molar refractivity (Wildman–Crippen MR) is 83.5 cm³/mol. The zero-order valence-electron chi connectivity index (χ0n) is 10.9. The van der Waals surface area contributed by atoms with Crippen molar-refractivity contribution in [1.82, 2.24) is 4.98 Å². The zero-order valence-corrected chi connectivity index (χ0v) is 11.7. The van der Waals surface area contributed by atoms with Crippen LogP contribution in [0.4, 0.5) is 15.6 Å². The van der Waals surface area contributed by atoms with E-state index >= 15 is 0 Å². The summed E-state index contributed by atoms with van der Waals surface area (Å²) in [6, 6.07) is 17.1. The summed E-state index contributed by atoms with van der Waals surface area (Å²) in [5.74, 6) is 0. The fourth-order valence-electron chi connectivity index (χ4n) is 1.87. The maximum atomic E-state index is 12.2. The van der Waals surface area contributed by atoms with E-state index in [0.29, 0.717) is 5.13 Å². The molecule has 2 amide bonds. The molecule has 3 aromatic rings. The highest BCUT2D eigenvalue weighted by atomic mass is 32.1. The SMILES string of the molecule is CN(C(=O)Nc1nc2ccccc2s1)c1ccccc1. The van der Waals surface area contributed by atoms with Crippen LogP contribution >= 0.6 is 11.3 Å². The fourth-order valence-corrected chi connectivity index (χ4v) is 2.73. The first-order valence-electron chi connectivity index (χ1n) is 6.19. The number of anilines is 2. The van der Waals surface area contributed by atoms with Crippen LogP contribution in [-0.4, -0.2) is 18.1 Å². The second kappa shape index (κ2) is 5.30. The number of amides is 2. The summed E-state index contributed by atoms with van der Waals surface area (Å²) in [4.78, 5) is 18.1. The number of rotatable bonds is 2. The van der Waals surface area contributed by atoms with E-state index in [1.165, 1.54) is 11.3 Å². The van der Waals surface area contributed by atoms with Gasteiger partial charge in [0.1, 0.15) is 0 Å². The minimum atomic E-state index is -0.199. The van der Waals surface area contributed by atoms with Crippen molar-refractivity contribution in [1.29, 1.82) is 0 Å². The summed E-state index contributed by atoms with van der Waals surface area (Å²) in [5.41, 5.74) is 1.74. The van der Waals surface area contributed by atoms with Crippen LogP contribution in [0.25, 0.3) is 10.2 Å². The van der Waals surface area contributed by atoms with E-state index in [-0.39, 0.29) is 6.03 Å². The number of fused-ring (bicyclic) bond motifs is 1. The van der Waals surface area contributed by atoms with Gasteiger partial charge >= 0.3 is 6.03 Å². The molecule has 0 radical (unpaired) electrons. The van der Waals surface area contributed by atoms with Crippen molar-refractivity contribution in [2.24, 2.45) is 0 Å². The first kappa shape index (κ1) is 12.6. The molecule has 5 heteroatoms. The van der Waals surface area contributed by atoms with Crippen molar-refractivity contribution >= 4 is 38.4 Å². The molecular formula is C15H13N3OS. The third-order valence-electron chi connectivity index (χ3n) is 2.96. The van der Waals surface area contributed by atoms with E-state index in [0.717, 1.165) is 15.9 Å². The lowest BCUT2D eigenvalue weighted by Gasteiger charge is -2.16. The van der Waals surface area contributed by atoms with Crippen LogP contribution in [0, 0.1) is 0 Å². The molecule has 20 heavy (non-hydrogen) atoms. The Morgan fingerprint density at radius 1 is 1.10 bits per heavy atom. The molecule has 0 bridgehead atoms. The van der Waals surface area contributed by atoms with E-state index < -0.39 is 0 Å². The van der Waals surface area contributed by atoms with Gasteiger partial charge in [-0.05, 0) is 24.3 Å². The molecule has 0 fully saturated rings. The number of thiazole rings is 1. The largest absolute Gasteiger partial charge is 0.327 e. The van der Waals surface area contributed by atoms with Gasteiger partial charge < -0.3 is 0 Å². The minimum absolute atomic E-state index is 0.199. The molecule has 1 heterocycles. The minimum Gasteiger partial charge on any atom is -0.297 e. The molecule has 4 nitrogen and oxygen atoms in total. The van der Waals surface area contributed by atoms with Gasteiger partial charge in [-0.3, -0.25) is 10.2 Å². The Kier molecular flexibility index (Phi) is 3.35. The van der Waals surface area contributed by atoms with E-state index in [2.05, 4.69) is 10.3 Å². The zero-order chi connectivity index (χ0) is 13.9. The summed E-state index contributed by atoms with van der Waals surface area (Å²) >= 11 is 1.47. The van der Waals surface area contributed by atoms with Crippen molar-refractivity contribution in [3.05, 3.63) is 54.6 Å². The smallest absolute Gasteiger partial charge is 0.297 e. The molecule has 0 atom stereocenters. The number of para-hydroxylation sites is 2. The number of nitrogens with zero attached hydrogens (tertiary/aromatic N) is 2. The Hall–Kier alpha value is -2.40. The van der Waals surface area contributed by atoms with Gasteiger partial charge in [-0.15, -0.1) is 0 Å². The standard InChI is InChI=1S/C15H13N3OS/c1-18(11-7-3-2-4-8-11)15(19)17-14-16-12-9-5-6-10-13(12)20-14/h2-10H,1H3,(H,16,17,19). The lowest BCUT2D eigenvalue weighted by atomic mass is 10.3. The summed E-state index contributed by atoms with van der Waals surface area (Å²) in [6.45, 7) is 0. The lowest BCUT2D eigenvalue weighted by Crippen LogP contribution is -2.30. The number of aromatic nitrogens is 1. The van der Waals surface area contributed by atoms with E-state index in [4.69, 9.17) is 0 Å². The van der Waals surface area contributed by atoms with Gasteiger partial charge in [0.15, 0.2) is 5.13 Å². The van der Waals surface area contributed by atoms with Crippen molar-refractivity contribution < 1.29 is 4.79 Å². The number of hydrogen-bond donors (Lipinski definition) is 1. The number of urea groups is 1. The number of nitrogens with one attached hydrogen (secondary N) is 1. The van der Waals surface area contributed by atoms with E-state index in [1.807, 2.05) is 54.6 Å². The molecule has 0 saturated carbocycles. The van der Waals surface area contributed by atoms with Gasteiger partial charge in [0, 0.05) is 12.7 Å². The molecule has 3 rings (SSSR count). The van der Waals surface area contributed by atoms with Gasteiger partial charge in [-0.25, -0.2) is 9.78 Å². The summed E-state index contributed by atoms with van der Waals surface area (Å²) in [7, 11) is 1.73. The Balaban J connectivity index is 1.78. The van der Waals surface area contributed by atoms with Gasteiger partial charge in [-0.2, -0.15) is 0 Å². The van der Waals surface area contributed by atoms with Crippen LogP contribution in [0.5, 0.6) is 0 Å². The molecular weight excluding hydrogens is 270 g/mol. The second-order valence-corrected chi connectivity index (χ2v) is 5.34. The van der Waals surface area contributed by atoms with Gasteiger partial charge in [0.2, 0.25) is 0 Å². The van der Waals surface area contributed by atoms with E-state index in [1.54, 1.807) is 11.9 Å². The van der Waals surface area contributed by atoms with Crippen LogP contribution < -0.4 is 10.2 Å². The van der Waals surface area contributed by atoms with Crippen molar-refractivity contribution in [2.75, 3.05) is 17.3 Å². The van der Waals surface area contributed by atoms with Crippen LogP contribution in [0.15, 0.2) is 54.6 Å². The maximum absolute atomic E-state index is 12.2. The molecule has 1 aromatic heterocycles. The van der Waals surface area contributed by atoms with Gasteiger partial charge in [-0.1, -0.05) is 41.7 Å². The molecule has 2 aromatic carbocycles. The number of carbonyl (C=O) groups excluding carboxylic acids is 1. The number of carbonyl (C=O) groups is 1. The molecule has 0 unspecified atom stereocenters. The predicted octanol–water partition coefficient (Wildman–Crippen LogP) is 3.96. The summed E-state index contributed by atoms with van der Waals surface area (Å²) in [6.07, 6.45) is 0. The summed E-state index contributed by atoms with van der Waals surface area (Å²) < 4.78 is 1.06. The Morgan fingerprint density at radius 3 is 2.55 bits per heavy atom. The average Bonchev–Trinajstić information content (AvgIpc) is 2.89. The van der Waals surface area contributed by atoms with Crippen molar-refractivity contribution in [3.63, 3.8) is 0 Å². The molecule has 1 N–H and O–H groups in total. The monoisotopic (exact) mass is 283 g/mol. The number of hydrogen-bond acceptors (Lipinski definition) is 3. The van der Waals surface area contributed by atoms with Crippen molar-refractivity contribution in [3.8, 4) is 0 Å². The van der Waals surface area contributed by atoms with Gasteiger partial charge in [0.25, 0.3) is 0 Å². The second-order valence-electron chi connectivity index (χ2n) is 4.31. The molecule has 0 aliphatic rings. The lowest BCUT2D eigenvalue weighted by molar-refractivity contribution is 0.258. The molecule has 100 valence electrons. The highest BCUT2D eigenvalue weighted by Crippen LogP contribution is 2.25. The third kappa shape index (κ3) is 2.48. The topological polar surface area (TPSA) is 45.2 Å². The normalized spacial score (nSPS) is 10.4. The Morgan fingerprint density at radius 2 is 1.80 bits per heavy atom. The molecule has 0 saturated heterocycles. The van der Waals surface area contributed by atoms with Crippen LogP contribution in [0.2, 0.25) is 0 Å². The van der Waals surface area contributed by atoms with Crippen LogP contribution in [0.3, 0.4) is 0 Å². The highest BCUT2D eigenvalue weighted by molar-refractivity contribution is 7.22. The highest BCUT2D eigenvalue weighted by Gasteiger charge is 2.12. The number of benzene rings is 2. The van der Waals surface area contributed by atoms with Crippen molar-refractivity contribution in [2.45, 2.75) is 0 Å². The Labute approximate surface area is 120 Å². The fraction of sp³-hybridized carbons (Fsp3) is 0.0667.